The van der Waals surface area contributed by atoms with Gasteiger partial charge in [-0.25, -0.2) is 4.57 Å². The zero-order valence-corrected chi connectivity index (χ0v) is 17.9. The molecule has 0 aliphatic carbocycles. The Morgan fingerprint density at radius 2 is 1.07 bits per heavy atom. The minimum Gasteiger partial charge on any atom is -0.395 e. The molecule has 0 unspecified atom stereocenters. The van der Waals surface area contributed by atoms with E-state index in [2.05, 4.69) is 11.4 Å². The van der Waals surface area contributed by atoms with Crippen molar-refractivity contribution in [3.8, 4) is 0 Å². The van der Waals surface area contributed by atoms with Crippen molar-refractivity contribution in [2.24, 2.45) is 0 Å². The standard InChI is InChI=1S/C12H27O4P.C6H15NO3/c1-2-3-4-5-6-7-8-9-10-11-12-16-17(13,14)15;8-4-1-7(2-5-9)3-6-10/h2-12H2,1H3,(H2,13,14,15);8-10H,1-6H2. The van der Waals surface area contributed by atoms with Crippen LogP contribution in [-0.4, -0.2) is 76.1 Å². The average molecular weight is 416 g/mol. The Hall–Kier alpha value is -0.0500. The van der Waals surface area contributed by atoms with E-state index in [1.54, 1.807) is 4.90 Å². The Morgan fingerprint density at radius 1 is 0.704 bits per heavy atom. The maximum Gasteiger partial charge on any atom is 0.469 e. The average Bonchev–Trinajstić information content (AvgIpc) is 2.60. The molecule has 0 aromatic rings. The van der Waals surface area contributed by atoms with E-state index in [-0.39, 0.29) is 26.4 Å². The third kappa shape index (κ3) is 28.3. The number of aliphatic hydroxyl groups is 3. The van der Waals surface area contributed by atoms with Crippen molar-refractivity contribution in [2.75, 3.05) is 46.1 Å². The number of aliphatic hydroxyl groups excluding tert-OH is 3. The van der Waals surface area contributed by atoms with Crippen LogP contribution in [0.5, 0.6) is 0 Å². The summed E-state index contributed by atoms with van der Waals surface area (Å²) >= 11 is 0. The molecule has 0 aliphatic rings. The molecule has 166 valence electrons. The summed E-state index contributed by atoms with van der Waals surface area (Å²) in [5, 5.41) is 25.5. The first-order chi connectivity index (χ1) is 12.9. The van der Waals surface area contributed by atoms with Crippen LogP contribution in [0.2, 0.25) is 0 Å². The predicted molar refractivity (Wildman–Crippen MR) is 108 cm³/mol. The van der Waals surface area contributed by atoms with Gasteiger partial charge in [-0.2, -0.15) is 0 Å². The first kappa shape index (κ1) is 29.2. The summed E-state index contributed by atoms with van der Waals surface area (Å²) in [6.07, 6.45) is 12.0. The SMILES string of the molecule is CCCCCCCCCCCCOP(=O)(O)O.OCCN(CCO)CCO. The summed E-state index contributed by atoms with van der Waals surface area (Å²) in [5.41, 5.74) is 0. The van der Waals surface area contributed by atoms with Gasteiger partial charge in [-0.15, -0.1) is 0 Å². The van der Waals surface area contributed by atoms with Gasteiger partial charge in [-0.1, -0.05) is 64.7 Å². The molecule has 0 aromatic carbocycles. The Morgan fingerprint density at radius 3 is 1.41 bits per heavy atom. The highest BCUT2D eigenvalue weighted by Gasteiger charge is 2.12. The molecule has 0 saturated carbocycles. The van der Waals surface area contributed by atoms with Crippen molar-refractivity contribution >= 4 is 7.82 Å². The second-order valence-corrected chi connectivity index (χ2v) is 7.76. The molecular weight excluding hydrogens is 373 g/mol. The minimum atomic E-state index is -4.24. The molecule has 0 aromatic heterocycles. The highest BCUT2D eigenvalue weighted by atomic mass is 31.2. The summed E-state index contributed by atoms with van der Waals surface area (Å²) in [6.45, 7) is 4.14. The van der Waals surface area contributed by atoms with Crippen LogP contribution in [-0.2, 0) is 9.09 Å². The number of phosphoric ester groups is 1. The largest absolute Gasteiger partial charge is 0.469 e. The highest BCUT2D eigenvalue weighted by molar-refractivity contribution is 7.46. The lowest BCUT2D eigenvalue weighted by molar-refractivity contribution is 0.136. The Balaban J connectivity index is 0. The van der Waals surface area contributed by atoms with Crippen molar-refractivity contribution in [3.63, 3.8) is 0 Å². The number of rotatable bonds is 18. The molecule has 0 radical (unpaired) electrons. The molecular formula is C18H42NO7P. The van der Waals surface area contributed by atoms with Gasteiger partial charge in [-0.05, 0) is 6.42 Å². The van der Waals surface area contributed by atoms with E-state index in [9.17, 15) is 4.57 Å². The predicted octanol–water partition coefficient (Wildman–Crippen LogP) is 2.28. The van der Waals surface area contributed by atoms with Gasteiger partial charge < -0.3 is 25.1 Å². The van der Waals surface area contributed by atoms with Crippen molar-refractivity contribution < 1.29 is 34.2 Å². The van der Waals surface area contributed by atoms with Crippen LogP contribution < -0.4 is 0 Å². The van der Waals surface area contributed by atoms with Gasteiger partial charge in [-0.3, -0.25) is 9.42 Å². The van der Waals surface area contributed by atoms with Gasteiger partial charge in [0, 0.05) is 19.6 Å². The zero-order valence-electron chi connectivity index (χ0n) is 17.0. The molecule has 0 fully saturated rings. The summed E-state index contributed by atoms with van der Waals surface area (Å²) < 4.78 is 14.7. The molecule has 8 nitrogen and oxygen atoms in total. The molecule has 0 atom stereocenters. The van der Waals surface area contributed by atoms with Crippen LogP contribution >= 0.6 is 7.82 Å². The highest BCUT2D eigenvalue weighted by Crippen LogP contribution is 2.35. The van der Waals surface area contributed by atoms with Crippen molar-refractivity contribution in [1.29, 1.82) is 0 Å². The monoisotopic (exact) mass is 415 g/mol. The third-order valence-electron chi connectivity index (χ3n) is 4.01. The fraction of sp³-hybridized carbons (Fsp3) is 1.00. The molecule has 0 rings (SSSR count). The van der Waals surface area contributed by atoms with Crippen molar-refractivity contribution in [1.82, 2.24) is 4.90 Å². The second-order valence-electron chi connectivity index (χ2n) is 6.52. The molecule has 0 aliphatic heterocycles. The number of nitrogens with zero attached hydrogens (tertiary/aromatic N) is 1. The lowest BCUT2D eigenvalue weighted by Gasteiger charge is -2.17. The first-order valence-corrected chi connectivity index (χ1v) is 11.7. The molecule has 0 bridgehead atoms. The number of hydrogen-bond acceptors (Lipinski definition) is 6. The summed E-state index contributed by atoms with van der Waals surface area (Å²) in [5.74, 6) is 0. The summed E-state index contributed by atoms with van der Waals surface area (Å²) in [4.78, 5) is 18.7. The van der Waals surface area contributed by atoms with Crippen LogP contribution in [0.4, 0.5) is 0 Å². The zero-order chi connectivity index (χ0) is 20.8. The molecule has 0 spiro atoms. The topological polar surface area (TPSA) is 131 Å². The van der Waals surface area contributed by atoms with Crippen LogP contribution in [0.1, 0.15) is 71.1 Å². The fourth-order valence-corrected chi connectivity index (χ4v) is 2.90. The van der Waals surface area contributed by atoms with Crippen molar-refractivity contribution in [2.45, 2.75) is 71.1 Å². The van der Waals surface area contributed by atoms with E-state index in [0.29, 0.717) is 19.6 Å². The van der Waals surface area contributed by atoms with E-state index in [1.807, 2.05) is 0 Å². The van der Waals surface area contributed by atoms with Crippen LogP contribution in [0.15, 0.2) is 0 Å². The lowest BCUT2D eigenvalue weighted by atomic mass is 10.1. The smallest absolute Gasteiger partial charge is 0.395 e. The fourth-order valence-electron chi connectivity index (χ4n) is 2.53. The van der Waals surface area contributed by atoms with Gasteiger partial charge in [0.15, 0.2) is 0 Å². The van der Waals surface area contributed by atoms with Gasteiger partial charge in [0.05, 0.1) is 26.4 Å². The second kappa shape index (κ2) is 22.2. The van der Waals surface area contributed by atoms with E-state index in [1.165, 1.54) is 44.9 Å². The molecule has 27 heavy (non-hydrogen) atoms. The molecule has 0 saturated heterocycles. The third-order valence-corrected chi connectivity index (χ3v) is 4.52. The van der Waals surface area contributed by atoms with Gasteiger partial charge >= 0.3 is 7.82 Å². The van der Waals surface area contributed by atoms with Gasteiger partial charge in [0.1, 0.15) is 0 Å². The quantitative estimate of drug-likeness (QED) is 0.170. The van der Waals surface area contributed by atoms with Crippen LogP contribution in [0.3, 0.4) is 0 Å². The maximum absolute atomic E-state index is 10.4. The number of unbranched alkanes of at least 4 members (excludes halogenated alkanes) is 9. The van der Waals surface area contributed by atoms with Crippen LogP contribution in [0.25, 0.3) is 0 Å². The van der Waals surface area contributed by atoms with E-state index in [0.717, 1.165) is 19.3 Å². The molecule has 0 heterocycles. The summed E-state index contributed by atoms with van der Waals surface area (Å²) in [6, 6.07) is 0. The Bertz CT molecular complexity index is 315. The van der Waals surface area contributed by atoms with Crippen molar-refractivity contribution in [3.05, 3.63) is 0 Å². The maximum atomic E-state index is 10.4. The first-order valence-electron chi connectivity index (χ1n) is 10.2. The molecule has 5 N–H and O–H groups in total. The number of phosphoric acid groups is 1. The Labute approximate surface area is 164 Å². The van der Waals surface area contributed by atoms with Gasteiger partial charge in [0.25, 0.3) is 0 Å². The van der Waals surface area contributed by atoms with E-state index < -0.39 is 7.82 Å². The normalized spacial score (nSPS) is 11.5. The van der Waals surface area contributed by atoms with Gasteiger partial charge in [0.2, 0.25) is 0 Å². The van der Waals surface area contributed by atoms with Crippen LogP contribution in [0, 0.1) is 0 Å². The Kier molecular flexibility index (Phi) is 24.0. The minimum absolute atomic E-state index is 0.0694. The molecule has 0 amide bonds. The van der Waals surface area contributed by atoms with E-state index in [4.69, 9.17) is 25.1 Å². The molecule has 9 heteroatoms. The van der Waals surface area contributed by atoms with E-state index >= 15 is 0 Å². The lowest BCUT2D eigenvalue weighted by Crippen LogP contribution is -2.32. The summed E-state index contributed by atoms with van der Waals surface area (Å²) in [7, 11) is -4.24. The number of hydrogen-bond donors (Lipinski definition) is 5.